The van der Waals surface area contributed by atoms with Crippen LogP contribution in [0, 0.1) is 5.92 Å². The predicted molar refractivity (Wildman–Crippen MR) is 31.2 cm³/mol. The molecule has 0 fully saturated rings. The zero-order valence-electron chi connectivity index (χ0n) is 7.19. The van der Waals surface area contributed by atoms with Gasteiger partial charge in [-0.1, -0.05) is 13.8 Å². The molecule has 0 bridgehead atoms. The minimum absolute atomic E-state index is 0. The topological polar surface area (TPSA) is 17.1 Å². The van der Waals surface area contributed by atoms with E-state index in [0.29, 0.717) is 5.92 Å². The average molecular weight is 124 g/mol. The molecular weight excluding hydrogens is 111 g/mol. The van der Waals surface area contributed by atoms with Gasteiger partial charge >= 0.3 is 29.6 Å². The second-order valence-corrected chi connectivity index (χ2v) is 2.30. The molecule has 44 valence electrons. The Bertz CT molecular complexity index is 73.5. The van der Waals surface area contributed by atoms with Crippen molar-refractivity contribution in [3.8, 4) is 0 Å². The Morgan fingerprint density at radius 3 is 2.00 bits per heavy atom. The smallest absolute Gasteiger partial charge is 1.00 e. The molecule has 0 saturated heterocycles. The van der Waals surface area contributed by atoms with Gasteiger partial charge in [0.05, 0.1) is 0 Å². The number of hydrogen-bond donors (Lipinski definition) is 0. The summed E-state index contributed by atoms with van der Waals surface area (Å²) in [6, 6.07) is 0. The first-order valence-electron chi connectivity index (χ1n) is 2.62. The third kappa shape index (κ3) is 9.83. The van der Waals surface area contributed by atoms with Gasteiger partial charge in [-0.2, -0.15) is 0 Å². The van der Waals surface area contributed by atoms with Gasteiger partial charge in [-0.05, 0) is 12.8 Å². The predicted octanol–water partition coefficient (Wildman–Crippen LogP) is -1.26. The molecular formula is C6H13NaO. The fraction of sp³-hybridized carbons (Fsp3) is 0.833. The van der Waals surface area contributed by atoms with Gasteiger partial charge < -0.3 is 6.22 Å². The molecule has 0 radical (unpaired) electrons. The molecule has 0 spiro atoms. The summed E-state index contributed by atoms with van der Waals surface area (Å²) >= 11 is 0. The van der Waals surface area contributed by atoms with Crippen LogP contribution >= 0.6 is 0 Å². The van der Waals surface area contributed by atoms with Gasteiger partial charge in [0, 0.05) is 6.42 Å². The van der Waals surface area contributed by atoms with Gasteiger partial charge in [-0.25, -0.2) is 0 Å². The molecule has 0 aliphatic carbocycles. The van der Waals surface area contributed by atoms with E-state index in [1.807, 2.05) is 13.8 Å². The molecule has 0 rings (SSSR count). The summed E-state index contributed by atoms with van der Waals surface area (Å²) in [6.45, 7) is 5.71. The minimum Gasteiger partial charge on any atom is -1.00 e. The fourth-order valence-corrected chi connectivity index (χ4v) is 0.575. The molecule has 0 saturated carbocycles. The third-order valence-corrected chi connectivity index (χ3v) is 0.696. The van der Waals surface area contributed by atoms with Crippen molar-refractivity contribution < 1.29 is 35.8 Å². The van der Waals surface area contributed by atoms with Gasteiger partial charge in [0.15, 0.2) is 0 Å². The van der Waals surface area contributed by atoms with Crippen molar-refractivity contribution in [1.29, 1.82) is 0 Å². The molecule has 1 nitrogen and oxygen atoms in total. The van der Waals surface area contributed by atoms with Crippen molar-refractivity contribution in [3.05, 3.63) is 0 Å². The van der Waals surface area contributed by atoms with Crippen molar-refractivity contribution >= 4 is 5.78 Å². The van der Waals surface area contributed by atoms with Crippen LogP contribution < -0.4 is 29.6 Å². The Labute approximate surface area is 74.6 Å². The molecule has 2 heteroatoms. The Morgan fingerprint density at radius 2 is 2.00 bits per heavy atom. The monoisotopic (exact) mass is 124 g/mol. The molecule has 0 N–H and O–H groups in total. The van der Waals surface area contributed by atoms with Crippen LogP contribution in [0.2, 0.25) is 0 Å². The molecule has 0 aromatic heterocycles. The SMILES string of the molecule is CC(=O)CC(C)C.[H-].[Na+]. The molecule has 0 aromatic carbocycles. The summed E-state index contributed by atoms with van der Waals surface area (Å²) < 4.78 is 0. The van der Waals surface area contributed by atoms with Gasteiger partial charge in [-0.15, -0.1) is 0 Å². The van der Waals surface area contributed by atoms with E-state index in [4.69, 9.17) is 0 Å². The zero-order chi connectivity index (χ0) is 5.86. The Kier molecular flexibility index (Phi) is 8.31. The maximum absolute atomic E-state index is 10.3. The van der Waals surface area contributed by atoms with Crippen LogP contribution in [0.5, 0.6) is 0 Å². The van der Waals surface area contributed by atoms with Gasteiger partial charge in [-0.3, -0.25) is 0 Å². The summed E-state index contributed by atoms with van der Waals surface area (Å²) in [6.07, 6.45) is 0.722. The quantitative estimate of drug-likeness (QED) is 0.420. The molecule has 0 aliphatic rings. The van der Waals surface area contributed by atoms with Crippen LogP contribution in [0.3, 0.4) is 0 Å². The van der Waals surface area contributed by atoms with Crippen molar-refractivity contribution in [2.45, 2.75) is 27.2 Å². The zero-order valence-corrected chi connectivity index (χ0v) is 8.19. The van der Waals surface area contributed by atoms with Crippen LogP contribution in [0.1, 0.15) is 28.6 Å². The van der Waals surface area contributed by atoms with E-state index < -0.39 is 0 Å². The third-order valence-electron chi connectivity index (χ3n) is 0.696. The van der Waals surface area contributed by atoms with E-state index in [1.54, 1.807) is 6.92 Å². The van der Waals surface area contributed by atoms with E-state index in [2.05, 4.69) is 0 Å². The van der Waals surface area contributed by atoms with Crippen molar-refractivity contribution in [2.24, 2.45) is 5.92 Å². The number of hydrogen-bond acceptors (Lipinski definition) is 1. The summed E-state index contributed by atoms with van der Waals surface area (Å²) in [4.78, 5) is 10.3. The molecule has 0 atom stereocenters. The number of carbonyl (C=O) groups is 1. The van der Waals surface area contributed by atoms with E-state index >= 15 is 0 Å². The normalized spacial score (nSPS) is 8.50. The molecule has 0 amide bonds. The van der Waals surface area contributed by atoms with Crippen LogP contribution in [0.4, 0.5) is 0 Å². The molecule has 0 heterocycles. The summed E-state index contributed by atoms with van der Waals surface area (Å²) in [7, 11) is 0. The Balaban J connectivity index is -0.000000180. The van der Waals surface area contributed by atoms with E-state index in [0.717, 1.165) is 6.42 Å². The average Bonchev–Trinajstić information content (AvgIpc) is 1.27. The first-order valence-corrected chi connectivity index (χ1v) is 2.62. The van der Waals surface area contributed by atoms with Crippen LogP contribution in [-0.4, -0.2) is 5.78 Å². The summed E-state index contributed by atoms with van der Waals surface area (Å²) in [5.74, 6) is 0.813. The largest absolute Gasteiger partial charge is 1.00 e. The van der Waals surface area contributed by atoms with Crippen molar-refractivity contribution in [3.63, 3.8) is 0 Å². The number of ketones is 1. The van der Waals surface area contributed by atoms with Crippen LogP contribution in [0.25, 0.3) is 0 Å². The number of carbonyl (C=O) groups excluding carboxylic acids is 1. The van der Waals surface area contributed by atoms with E-state index in [-0.39, 0.29) is 36.8 Å². The molecule has 0 aliphatic heterocycles. The maximum Gasteiger partial charge on any atom is 1.00 e. The molecule has 0 aromatic rings. The first kappa shape index (κ1) is 11.5. The van der Waals surface area contributed by atoms with Crippen LogP contribution in [-0.2, 0) is 4.79 Å². The summed E-state index contributed by atoms with van der Waals surface area (Å²) in [5, 5.41) is 0. The second-order valence-electron chi connectivity index (χ2n) is 2.30. The second kappa shape index (κ2) is 5.80. The number of rotatable bonds is 2. The molecule has 0 unspecified atom stereocenters. The standard InChI is InChI=1S/C6H12O.Na.H/c1-5(2)4-6(3)7;;/h5H,4H2,1-3H3;;/q;+1;-1. The van der Waals surface area contributed by atoms with Crippen molar-refractivity contribution in [1.82, 2.24) is 0 Å². The Morgan fingerprint density at radius 1 is 1.62 bits per heavy atom. The van der Waals surface area contributed by atoms with Crippen LogP contribution in [0.15, 0.2) is 0 Å². The molecule has 8 heavy (non-hydrogen) atoms. The maximum atomic E-state index is 10.3. The fourth-order valence-electron chi connectivity index (χ4n) is 0.575. The van der Waals surface area contributed by atoms with Gasteiger partial charge in [0.25, 0.3) is 0 Å². The van der Waals surface area contributed by atoms with E-state index in [1.165, 1.54) is 0 Å². The van der Waals surface area contributed by atoms with Gasteiger partial charge in [0.2, 0.25) is 0 Å². The Hall–Kier alpha value is 0.670. The van der Waals surface area contributed by atoms with E-state index in [9.17, 15) is 4.79 Å². The number of Topliss-reactive ketones (excluding diaryl/α,β-unsaturated/α-hetero) is 1. The first-order chi connectivity index (χ1) is 3.13. The minimum atomic E-state index is 0. The van der Waals surface area contributed by atoms with Crippen molar-refractivity contribution in [2.75, 3.05) is 0 Å². The van der Waals surface area contributed by atoms with Gasteiger partial charge in [0.1, 0.15) is 5.78 Å². The summed E-state index contributed by atoms with van der Waals surface area (Å²) in [5.41, 5.74) is 0.